The Kier molecular flexibility index (Phi) is 5.11. The van der Waals surface area contributed by atoms with Crippen molar-refractivity contribution in [1.82, 2.24) is 4.98 Å². The van der Waals surface area contributed by atoms with Crippen LogP contribution in [0.3, 0.4) is 0 Å². The smallest absolute Gasteiger partial charge is 0.274 e. The summed E-state index contributed by atoms with van der Waals surface area (Å²) in [7, 11) is 0. The van der Waals surface area contributed by atoms with Crippen molar-refractivity contribution in [3.63, 3.8) is 0 Å². The molecule has 1 aliphatic heterocycles. The van der Waals surface area contributed by atoms with E-state index in [0.717, 1.165) is 48.5 Å². The first-order valence-electron chi connectivity index (χ1n) is 8.32. The molecule has 2 aromatic rings. The van der Waals surface area contributed by atoms with Gasteiger partial charge in [0.05, 0.1) is 18.0 Å². The third-order valence-corrected chi connectivity index (χ3v) is 4.20. The molecule has 1 atom stereocenters. The van der Waals surface area contributed by atoms with E-state index in [4.69, 9.17) is 4.74 Å². The largest absolute Gasteiger partial charge is 0.381 e. The summed E-state index contributed by atoms with van der Waals surface area (Å²) in [4.78, 5) is 16.6. The van der Waals surface area contributed by atoms with Gasteiger partial charge in [-0.05, 0) is 56.0 Å². The van der Waals surface area contributed by atoms with Crippen molar-refractivity contribution in [3.8, 4) is 0 Å². The van der Waals surface area contributed by atoms with Gasteiger partial charge in [0.1, 0.15) is 5.69 Å². The molecule has 1 aromatic carbocycles. The second-order valence-electron chi connectivity index (χ2n) is 6.22. The highest BCUT2D eigenvalue weighted by molar-refractivity contribution is 6.03. The lowest BCUT2D eigenvalue weighted by molar-refractivity contribution is 0.102. The third-order valence-electron chi connectivity index (χ3n) is 4.20. The number of anilines is 2. The Bertz CT molecular complexity index is 707. The van der Waals surface area contributed by atoms with E-state index in [1.807, 2.05) is 38.1 Å². The first-order chi connectivity index (χ1) is 11.6. The Morgan fingerprint density at radius 1 is 1.29 bits per heavy atom. The molecular weight excluding hydrogens is 302 g/mol. The molecule has 126 valence electrons. The number of carbonyl (C=O) groups excluding carboxylic acids is 1. The van der Waals surface area contributed by atoms with E-state index < -0.39 is 0 Å². The summed E-state index contributed by atoms with van der Waals surface area (Å²) < 4.78 is 5.58. The van der Waals surface area contributed by atoms with Crippen molar-refractivity contribution >= 4 is 17.3 Å². The summed E-state index contributed by atoms with van der Waals surface area (Å²) in [5, 5.41) is 6.22. The normalized spacial score (nSPS) is 16.8. The highest BCUT2D eigenvalue weighted by atomic mass is 16.5. The van der Waals surface area contributed by atoms with Crippen LogP contribution in [0.2, 0.25) is 0 Å². The van der Waals surface area contributed by atoms with E-state index in [-0.39, 0.29) is 12.0 Å². The number of ether oxygens (including phenoxy) is 1. The molecule has 0 radical (unpaired) electrons. The Hall–Kier alpha value is -2.40. The number of benzene rings is 1. The number of carbonyl (C=O) groups is 1. The Morgan fingerprint density at radius 3 is 2.88 bits per heavy atom. The maximum atomic E-state index is 12.3. The van der Waals surface area contributed by atoms with Gasteiger partial charge in [-0.15, -0.1) is 0 Å². The van der Waals surface area contributed by atoms with Gasteiger partial charge in [0, 0.05) is 18.8 Å². The van der Waals surface area contributed by atoms with Crippen LogP contribution in [-0.4, -0.2) is 30.1 Å². The zero-order valence-corrected chi connectivity index (χ0v) is 14.1. The fraction of sp³-hybridized carbons (Fsp3) is 0.368. The first kappa shape index (κ1) is 16.5. The summed E-state index contributed by atoms with van der Waals surface area (Å²) >= 11 is 0. The number of aromatic nitrogens is 1. The number of hydrogen-bond acceptors (Lipinski definition) is 4. The van der Waals surface area contributed by atoms with Crippen LogP contribution in [0.25, 0.3) is 0 Å². The second kappa shape index (κ2) is 7.45. The van der Waals surface area contributed by atoms with Gasteiger partial charge in [0.15, 0.2) is 0 Å². The minimum atomic E-state index is -0.200. The molecule has 5 heteroatoms. The van der Waals surface area contributed by atoms with Crippen LogP contribution in [0.1, 0.15) is 34.5 Å². The van der Waals surface area contributed by atoms with Gasteiger partial charge in [0.25, 0.3) is 5.91 Å². The number of nitrogens with one attached hydrogen (secondary N) is 2. The van der Waals surface area contributed by atoms with Crippen LogP contribution < -0.4 is 10.6 Å². The molecule has 1 aromatic heterocycles. The zero-order valence-electron chi connectivity index (χ0n) is 14.1. The lowest BCUT2D eigenvalue weighted by Crippen LogP contribution is -2.19. The van der Waals surface area contributed by atoms with Crippen molar-refractivity contribution in [2.45, 2.75) is 32.8 Å². The number of aryl methyl sites for hydroxylation is 2. The van der Waals surface area contributed by atoms with E-state index in [9.17, 15) is 4.79 Å². The van der Waals surface area contributed by atoms with Crippen LogP contribution in [0, 0.1) is 13.8 Å². The third kappa shape index (κ3) is 4.11. The molecule has 2 heterocycles. The first-order valence-corrected chi connectivity index (χ1v) is 8.32. The fourth-order valence-electron chi connectivity index (χ4n) is 2.73. The van der Waals surface area contributed by atoms with Gasteiger partial charge in [-0.2, -0.15) is 0 Å². The topological polar surface area (TPSA) is 63.2 Å². The Morgan fingerprint density at radius 2 is 2.17 bits per heavy atom. The molecule has 1 aliphatic rings. The molecule has 2 N–H and O–H groups in total. The number of hydrogen-bond donors (Lipinski definition) is 2. The number of amides is 1. The molecular formula is C19H23N3O2. The predicted molar refractivity (Wildman–Crippen MR) is 95.6 cm³/mol. The molecule has 0 saturated carbocycles. The van der Waals surface area contributed by atoms with Crippen LogP contribution in [0.5, 0.6) is 0 Å². The van der Waals surface area contributed by atoms with Crippen LogP contribution in [-0.2, 0) is 4.74 Å². The molecule has 5 nitrogen and oxygen atoms in total. The molecule has 0 spiro atoms. The SMILES string of the molecule is Cc1ccc(C)c(NC(=O)c2ccc(NCC3CCCO3)cn2)c1. The van der Waals surface area contributed by atoms with Crippen molar-refractivity contribution < 1.29 is 9.53 Å². The number of nitrogens with zero attached hydrogens (tertiary/aromatic N) is 1. The van der Waals surface area contributed by atoms with E-state index >= 15 is 0 Å². The van der Waals surface area contributed by atoms with Crippen molar-refractivity contribution in [2.24, 2.45) is 0 Å². The molecule has 1 fully saturated rings. The Labute approximate surface area is 142 Å². The summed E-state index contributed by atoms with van der Waals surface area (Å²) in [5.41, 5.74) is 4.26. The maximum Gasteiger partial charge on any atom is 0.274 e. The highest BCUT2D eigenvalue weighted by Crippen LogP contribution is 2.18. The minimum absolute atomic E-state index is 0.200. The van der Waals surface area contributed by atoms with Crippen molar-refractivity contribution in [1.29, 1.82) is 0 Å². The monoisotopic (exact) mass is 325 g/mol. The molecule has 1 saturated heterocycles. The van der Waals surface area contributed by atoms with Gasteiger partial charge in [-0.3, -0.25) is 4.79 Å². The molecule has 3 rings (SSSR count). The van der Waals surface area contributed by atoms with Gasteiger partial charge in [-0.1, -0.05) is 12.1 Å². The van der Waals surface area contributed by atoms with Crippen molar-refractivity contribution in [3.05, 3.63) is 53.3 Å². The maximum absolute atomic E-state index is 12.3. The lowest BCUT2D eigenvalue weighted by Gasteiger charge is -2.12. The van der Waals surface area contributed by atoms with Gasteiger partial charge in [0.2, 0.25) is 0 Å². The fourth-order valence-corrected chi connectivity index (χ4v) is 2.73. The average molecular weight is 325 g/mol. The van der Waals surface area contributed by atoms with Gasteiger partial charge in [-0.25, -0.2) is 4.98 Å². The highest BCUT2D eigenvalue weighted by Gasteiger charge is 2.15. The Balaban J connectivity index is 1.59. The summed E-state index contributed by atoms with van der Waals surface area (Å²) in [5.74, 6) is -0.200. The minimum Gasteiger partial charge on any atom is -0.381 e. The second-order valence-corrected chi connectivity index (χ2v) is 6.22. The molecule has 0 bridgehead atoms. The van der Waals surface area contributed by atoms with E-state index in [0.29, 0.717) is 5.69 Å². The summed E-state index contributed by atoms with van der Waals surface area (Å²) in [6, 6.07) is 9.59. The molecule has 1 unspecified atom stereocenters. The lowest BCUT2D eigenvalue weighted by atomic mass is 10.1. The predicted octanol–water partition coefficient (Wildman–Crippen LogP) is 3.54. The van der Waals surface area contributed by atoms with E-state index in [2.05, 4.69) is 15.6 Å². The summed E-state index contributed by atoms with van der Waals surface area (Å²) in [6.45, 7) is 5.60. The summed E-state index contributed by atoms with van der Waals surface area (Å²) in [6.07, 6.45) is 4.18. The van der Waals surface area contributed by atoms with Gasteiger partial charge < -0.3 is 15.4 Å². The standard InChI is InChI=1S/C19H23N3O2/c1-13-5-6-14(2)18(10-13)22-19(23)17-8-7-15(11-21-17)20-12-16-4-3-9-24-16/h5-8,10-11,16,20H,3-4,9,12H2,1-2H3,(H,22,23). The molecule has 0 aliphatic carbocycles. The molecule has 24 heavy (non-hydrogen) atoms. The van der Waals surface area contributed by atoms with Gasteiger partial charge >= 0.3 is 0 Å². The zero-order chi connectivity index (χ0) is 16.9. The van der Waals surface area contributed by atoms with E-state index in [1.165, 1.54) is 0 Å². The number of rotatable bonds is 5. The van der Waals surface area contributed by atoms with Crippen LogP contribution >= 0.6 is 0 Å². The average Bonchev–Trinajstić information content (AvgIpc) is 3.10. The quantitative estimate of drug-likeness (QED) is 0.882. The van der Waals surface area contributed by atoms with Crippen LogP contribution in [0.15, 0.2) is 36.5 Å². The van der Waals surface area contributed by atoms with Crippen molar-refractivity contribution in [2.75, 3.05) is 23.8 Å². The van der Waals surface area contributed by atoms with Crippen LogP contribution in [0.4, 0.5) is 11.4 Å². The van der Waals surface area contributed by atoms with E-state index in [1.54, 1.807) is 12.3 Å². The molecule has 1 amide bonds. The number of pyridine rings is 1.